The third-order valence-corrected chi connectivity index (χ3v) is 3.66. The van der Waals surface area contributed by atoms with Gasteiger partial charge in [0, 0.05) is 44.6 Å². The maximum Gasteiger partial charge on any atom is 0.0598 e. The minimum atomic E-state index is 0.569. The molecule has 1 aromatic carbocycles. The van der Waals surface area contributed by atoms with Crippen LogP contribution in [0.4, 0.5) is 11.4 Å². The van der Waals surface area contributed by atoms with Crippen LogP contribution in [0.2, 0.25) is 0 Å². The number of terminal acetylenes is 1. The number of anilines is 2. The topological polar surface area (TPSA) is 18.5 Å². The molecule has 0 aromatic heterocycles. The number of nitrogens with zero attached hydrogens (tertiary/aromatic N) is 2. The fourth-order valence-corrected chi connectivity index (χ4v) is 2.46. The largest absolute Gasteiger partial charge is 0.382 e. The van der Waals surface area contributed by atoms with E-state index in [4.69, 9.17) is 6.42 Å². The Morgan fingerprint density at radius 2 is 1.89 bits per heavy atom. The molecule has 3 nitrogen and oxygen atoms in total. The van der Waals surface area contributed by atoms with E-state index in [1.807, 2.05) is 0 Å². The summed E-state index contributed by atoms with van der Waals surface area (Å²) in [6, 6.07) is 9.18. The summed E-state index contributed by atoms with van der Waals surface area (Å²) in [4.78, 5) is 4.45. The van der Waals surface area contributed by atoms with Gasteiger partial charge in [-0.3, -0.25) is 4.90 Å². The highest BCUT2D eigenvalue weighted by molar-refractivity contribution is 5.54. The lowest BCUT2D eigenvalue weighted by atomic mass is 10.0. The van der Waals surface area contributed by atoms with Gasteiger partial charge in [-0.1, -0.05) is 5.92 Å². The van der Waals surface area contributed by atoms with Crippen molar-refractivity contribution in [3.8, 4) is 12.3 Å². The van der Waals surface area contributed by atoms with Gasteiger partial charge in [0.25, 0.3) is 0 Å². The molecule has 3 heteroatoms. The molecule has 0 aliphatic carbocycles. The van der Waals surface area contributed by atoms with E-state index >= 15 is 0 Å². The van der Waals surface area contributed by atoms with Crippen LogP contribution in [-0.2, 0) is 0 Å². The van der Waals surface area contributed by atoms with Crippen LogP contribution in [-0.4, -0.2) is 44.7 Å². The molecular formula is C16H23N3. The Kier molecular flexibility index (Phi) is 4.70. The first-order valence-corrected chi connectivity index (χ1v) is 6.89. The summed E-state index contributed by atoms with van der Waals surface area (Å²) in [5, 5.41) is 3.61. The van der Waals surface area contributed by atoms with E-state index in [1.54, 1.807) is 0 Å². The van der Waals surface area contributed by atoms with Gasteiger partial charge in [0.2, 0.25) is 0 Å². The molecule has 0 saturated carbocycles. The van der Waals surface area contributed by atoms with Gasteiger partial charge in [-0.2, -0.15) is 0 Å². The van der Waals surface area contributed by atoms with E-state index in [1.165, 1.54) is 11.4 Å². The Morgan fingerprint density at radius 1 is 1.26 bits per heavy atom. The Hall–Kier alpha value is -1.66. The van der Waals surface area contributed by atoms with Gasteiger partial charge in [-0.05, 0) is 37.1 Å². The number of piperidine rings is 1. The minimum absolute atomic E-state index is 0.569. The van der Waals surface area contributed by atoms with Crippen LogP contribution >= 0.6 is 0 Å². The van der Waals surface area contributed by atoms with Crippen LogP contribution < -0.4 is 10.2 Å². The molecule has 0 radical (unpaired) electrons. The van der Waals surface area contributed by atoms with Crippen molar-refractivity contribution >= 4 is 11.4 Å². The maximum absolute atomic E-state index is 5.34. The van der Waals surface area contributed by atoms with Crippen molar-refractivity contribution in [3.05, 3.63) is 24.3 Å². The molecule has 0 amide bonds. The van der Waals surface area contributed by atoms with Crippen LogP contribution in [0.15, 0.2) is 24.3 Å². The molecule has 1 aliphatic rings. The second-order valence-corrected chi connectivity index (χ2v) is 5.34. The number of rotatable bonds is 4. The van der Waals surface area contributed by atoms with Gasteiger partial charge in [-0.15, -0.1) is 6.42 Å². The predicted octanol–water partition coefficient (Wildman–Crippen LogP) is 2.26. The van der Waals surface area contributed by atoms with Crippen LogP contribution in [0.25, 0.3) is 0 Å². The second kappa shape index (κ2) is 6.49. The molecule has 1 N–H and O–H groups in total. The first-order valence-electron chi connectivity index (χ1n) is 6.89. The summed E-state index contributed by atoms with van der Waals surface area (Å²) in [7, 11) is 4.12. The number of hydrogen-bond acceptors (Lipinski definition) is 3. The summed E-state index contributed by atoms with van der Waals surface area (Å²) < 4.78 is 0. The average Bonchev–Trinajstić information content (AvgIpc) is 2.42. The van der Waals surface area contributed by atoms with Crippen LogP contribution in [0.3, 0.4) is 0 Å². The minimum Gasteiger partial charge on any atom is -0.382 e. The molecule has 1 aromatic rings. The number of nitrogens with one attached hydrogen (secondary N) is 1. The molecule has 0 unspecified atom stereocenters. The predicted molar refractivity (Wildman–Crippen MR) is 82.7 cm³/mol. The summed E-state index contributed by atoms with van der Waals surface area (Å²) in [5.41, 5.74) is 2.44. The number of likely N-dealkylation sites (tertiary alicyclic amines) is 1. The highest BCUT2D eigenvalue weighted by Crippen LogP contribution is 2.19. The molecule has 0 spiro atoms. The Bertz CT molecular complexity index is 422. The lowest BCUT2D eigenvalue weighted by molar-refractivity contribution is 0.243. The van der Waals surface area contributed by atoms with Crippen molar-refractivity contribution in [2.45, 2.75) is 18.9 Å². The molecule has 19 heavy (non-hydrogen) atoms. The van der Waals surface area contributed by atoms with Crippen molar-refractivity contribution in [1.29, 1.82) is 0 Å². The fraction of sp³-hybridized carbons (Fsp3) is 0.500. The zero-order valence-electron chi connectivity index (χ0n) is 11.9. The molecule has 1 heterocycles. The van der Waals surface area contributed by atoms with E-state index in [-0.39, 0.29) is 0 Å². The van der Waals surface area contributed by atoms with Gasteiger partial charge in [0.15, 0.2) is 0 Å². The van der Waals surface area contributed by atoms with E-state index in [2.05, 4.69) is 59.4 Å². The van der Waals surface area contributed by atoms with Gasteiger partial charge in [0.1, 0.15) is 0 Å². The van der Waals surface area contributed by atoms with E-state index in [0.717, 1.165) is 32.5 Å². The SMILES string of the molecule is C#CCN1CCC(Nc2ccc(N(C)C)cc2)CC1. The molecule has 2 rings (SSSR count). The third-order valence-electron chi connectivity index (χ3n) is 3.66. The molecule has 1 saturated heterocycles. The molecule has 1 aliphatic heterocycles. The first-order chi connectivity index (χ1) is 9.19. The maximum atomic E-state index is 5.34. The lowest BCUT2D eigenvalue weighted by Gasteiger charge is -2.31. The monoisotopic (exact) mass is 257 g/mol. The quantitative estimate of drug-likeness (QED) is 0.835. The van der Waals surface area contributed by atoms with Gasteiger partial charge >= 0.3 is 0 Å². The Labute approximate surface area is 116 Å². The molecule has 102 valence electrons. The highest BCUT2D eigenvalue weighted by Gasteiger charge is 2.18. The molecular weight excluding hydrogens is 234 g/mol. The van der Waals surface area contributed by atoms with Crippen LogP contribution in [0, 0.1) is 12.3 Å². The lowest BCUT2D eigenvalue weighted by Crippen LogP contribution is -2.39. The van der Waals surface area contributed by atoms with Crippen LogP contribution in [0.1, 0.15) is 12.8 Å². The van der Waals surface area contributed by atoms with Crippen molar-refractivity contribution in [1.82, 2.24) is 4.90 Å². The highest BCUT2D eigenvalue weighted by atomic mass is 15.1. The number of benzene rings is 1. The van der Waals surface area contributed by atoms with Crippen molar-refractivity contribution < 1.29 is 0 Å². The summed E-state index contributed by atoms with van der Waals surface area (Å²) in [5.74, 6) is 2.72. The first kappa shape index (κ1) is 13.8. The Balaban J connectivity index is 1.84. The summed E-state index contributed by atoms with van der Waals surface area (Å²) in [6.07, 6.45) is 7.67. The van der Waals surface area contributed by atoms with Crippen molar-refractivity contribution in [3.63, 3.8) is 0 Å². The standard InChI is InChI=1S/C16H23N3/c1-4-11-19-12-9-15(10-13-19)17-14-5-7-16(8-6-14)18(2)3/h1,5-8,15,17H,9-13H2,2-3H3. The average molecular weight is 257 g/mol. The van der Waals surface area contributed by atoms with Crippen LogP contribution in [0.5, 0.6) is 0 Å². The smallest absolute Gasteiger partial charge is 0.0598 e. The Morgan fingerprint density at radius 3 is 2.42 bits per heavy atom. The van der Waals surface area contributed by atoms with Gasteiger partial charge in [-0.25, -0.2) is 0 Å². The van der Waals surface area contributed by atoms with Crippen molar-refractivity contribution in [2.75, 3.05) is 43.9 Å². The summed E-state index contributed by atoms with van der Waals surface area (Å²) in [6.45, 7) is 2.97. The molecule has 0 atom stereocenters. The second-order valence-electron chi connectivity index (χ2n) is 5.34. The fourth-order valence-electron chi connectivity index (χ4n) is 2.46. The zero-order valence-corrected chi connectivity index (χ0v) is 11.9. The summed E-state index contributed by atoms with van der Waals surface area (Å²) >= 11 is 0. The van der Waals surface area contributed by atoms with Gasteiger partial charge in [0.05, 0.1) is 6.54 Å². The van der Waals surface area contributed by atoms with E-state index in [9.17, 15) is 0 Å². The number of hydrogen-bond donors (Lipinski definition) is 1. The molecule has 1 fully saturated rings. The van der Waals surface area contributed by atoms with E-state index in [0.29, 0.717) is 6.04 Å². The van der Waals surface area contributed by atoms with Crippen molar-refractivity contribution in [2.24, 2.45) is 0 Å². The van der Waals surface area contributed by atoms with Gasteiger partial charge < -0.3 is 10.2 Å². The molecule has 0 bridgehead atoms. The van der Waals surface area contributed by atoms with E-state index < -0.39 is 0 Å². The normalized spacial score (nSPS) is 16.9. The zero-order chi connectivity index (χ0) is 13.7. The third kappa shape index (κ3) is 3.90.